The molecule has 2 rings (SSSR count). The van der Waals surface area contributed by atoms with E-state index in [2.05, 4.69) is 0 Å². The quantitative estimate of drug-likeness (QED) is 0.672. The van der Waals surface area contributed by atoms with Crippen LogP contribution in [0.1, 0.15) is 17.3 Å². The second-order valence-corrected chi connectivity index (χ2v) is 7.71. The molecule has 2 atom stereocenters. The van der Waals surface area contributed by atoms with Crippen molar-refractivity contribution in [3.05, 3.63) is 53.1 Å². The number of nitrogens with one attached hydrogen (secondary N) is 1. The van der Waals surface area contributed by atoms with Crippen LogP contribution < -0.4 is 11.1 Å². The van der Waals surface area contributed by atoms with Gasteiger partial charge in [-0.3, -0.25) is 9.59 Å². The summed E-state index contributed by atoms with van der Waals surface area (Å²) >= 11 is 5.96. The minimum atomic E-state index is -5.18. The van der Waals surface area contributed by atoms with E-state index in [0.717, 1.165) is 6.07 Å². The lowest BCUT2D eigenvalue weighted by molar-refractivity contribution is -0.242. The van der Waals surface area contributed by atoms with E-state index in [-0.39, 0.29) is 21.2 Å². The summed E-state index contributed by atoms with van der Waals surface area (Å²) in [5.74, 6) is -2.35. The summed E-state index contributed by atoms with van der Waals surface area (Å²) < 4.78 is 50.7. The van der Waals surface area contributed by atoms with E-state index in [9.17, 15) is 32.1 Å². The van der Waals surface area contributed by atoms with Crippen LogP contribution in [0.4, 0.5) is 18.9 Å². The second-order valence-electron chi connectivity index (χ2n) is 5.82. The Hall–Kier alpha value is -2.43. The molecule has 0 aliphatic heterocycles. The largest absolute Gasteiger partial charge is 0.426 e. The smallest absolute Gasteiger partial charge is 0.373 e. The Morgan fingerprint density at radius 3 is 2.11 bits per heavy atom. The summed E-state index contributed by atoms with van der Waals surface area (Å²) in [5, 5.41) is 11.1. The van der Waals surface area contributed by atoms with Crippen LogP contribution in [0.5, 0.6) is 0 Å². The number of aliphatic hydroxyl groups is 1. The summed E-state index contributed by atoms with van der Waals surface area (Å²) in [6, 6.07) is 9.31. The third-order valence-electron chi connectivity index (χ3n) is 3.75. The number of carbonyl (C=O) groups excluding carboxylic acids is 2. The molecule has 2 aromatic rings. The number of nitrogens with two attached hydrogens (primary N) is 1. The van der Waals surface area contributed by atoms with Gasteiger partial charge in [0.05, 0.1) is 21.5 Å². The van der Waals surface area contributed by atoms with Crippen molar-refractivity contribution < 1.29 is 32.1 Å². The molecule has 150 valence electrons. The number of primary amides is 1. The Balaban J connectivity index is 2.23. The summed E-state index contributed by atoms with van der Waals surface area (Å²) in [6.07, 6.45) is -5.18. The number of halogens is 4. The standard InChI is InChI=1S/C17H14ClF3N2O4S/c1-16(26,17(19,20)21)15(25)23-13-7-6-11(8-12(13)18)28(27)10-4-2-9(3-5-10)14(22)24/h2-8,26H,1H3,(H2,22,24)(H,23,25)/t16-,28?/m1/s1. The number of hydrogen-bond donors (Lipinski definition) is 3. The van der Waals surface area contributed by atoms with E-state index >= 15 is 0 Å². The third-order valence-corrected chi connectivity index (χ3v) is 5.44. The van der Waals surface area contributed by atoms with E-state index in [0.29, 0.717) is 11.8 Å². The number of amides is 2. The van der Waals surface area contributed by atoms with Crippen LogP contribution >= 0.6 is 11.6 Å². The van der Waals surface area contributed by atoms with Gasteiger partial charge in [-0.25, -0.2) is 4.21 Å². The van der Waals surface area contributed by atoms with Crippen LogP contribution in [0.2, 0.25) is 5.02 Å². The Kier molecular flexibility index (Phi) is 6.17. The fourth-order valence-corrected chi connectivity index (χ4v) is 3.33. The SMILES string of the molecule is C[C@@](O)(C(=O)Nc1ccc(S(=O)c2ccc(C(N)=O)cc2)cc1Cl)C(F)(F)F. The average molecular weight is 435 g/mol. The van der Waals surface area contributed by atoms with Gasteiger partial charge in [-0.2, -0.15) is 13.2 Å². The first-order valence-corrected chi connectivity index (χ1v) is 9.09. The highest BCUT2D eigenvalue weighted by atomic mass is 35.5. The Morgan fingerprint density at radius 1 is 1.11 bits per heavy atom. The van der Waals surface area contributed by atoms with Crippen LogP contribution in [0.3, 0.4) is 0 Å². The normalized spacial score (nSPS) is 14.8. The number of carbonyl (C=O) groups is 2. The number of benzene rings is 2. The highest BCUT2D eigenvalue weighted by Gasteiger charge is 2.55. The molecule has 6 nitrogen and oxygen atoms in total. The van der Waals surface area contributed by atoms with Crippen molar-refractivity contribution in [1.29, 1.82) is 0 Å². The zero-order chi connectivity index (χ0) is 21.3. The van der Waals surface area contributed by atoms with Crippen LogP contribution in [0.15, 0.2) is 52.3 Å². The maximum absolute atomic E-state index is 12.7. The Bertz CT molecular complexity index is 946. The van der Waals surface area contributed by atoms with Crippen molar-refractivity contribution in [3.63, 3.8) is 0 Å². The first-order chi connectivity index (χ1) is 12.8. The molecule has 0 aliphatic carbocycles. The topological polar surface area (TPSA) is 109 Å². The molecule has 0 saturated heterocycles. The molecule has 0 saturated carbocycles. The summed E-state index contributed by atoms with van der Waals surface area (Å²) in [4.78, 5) is 23.3. The molecular weight excluding hydrogens is 421 g/mol. The lowest BCUT2D eigenvalue weighted by Gasteiger charge is -2.25. The molecule has 1 unspecified atom stereocenters. The van der Waals surface area contributed by atoms with Crippen molar-refractivity contribution in [2.75, 3.05) is 5.32 Å². The van der Waals surface area contributed by atoms with Crippen molar-refractivity contribution in [1.82, 2.24) is 0 Å². The van der Waals surface area contributed by atoms with Crippen LogP contribution in [0, 0.1) is 0 Å². The van der Waals surface area contributed by atoms with Gasteiger partial charge in [0, 0.05) is 15.4 Å². The number of anilines is 1. The summed E-state index contributed by atoms with van der Waals surface area (Å²) in [7, 11) is -1.71. The van der Waals surface area contributed by atoms with Gasteiger partial charge in [-0.15, -0.1) is 0 Å². The van der Waals surface area contributed by atoms with Gasteiger partial charge in [0.1, 0.15) is 0 Å². The fraction of sp³-hybridized carbons (Fsp3) is 0.176. The van der Waals surface area contributed by atoms with E-state index < -0.39 is 34.4 Å². The molecular formula is C17H14ClF3N2O4S. The van der Waals surface area contributed by atoms with Crippen LogP contribution in [-0.2, 0) is 15.6 Å². The predicted molar refractivity (Wildman–Crippen MR) is 96.4 cm³/mol. The summed E-state index contributed by atoms with van der Waals surface area (Å²) in [6.45, 7) is 0.315. The first-order valence-electron chi connectivity index (χ1n) is 7.56. The van der Waals surface area contributed by atoms with Gasteiger partial charge in [-0.05, 0) is 49.4 Å². The number of rotatable bonds is 5. The van der Waals surface area contributed by atoms with Gasteiger partial charge in [0.2, 0.25) is 11.5 Å². The minimum absolute atomic E-state index is 0.175. The van der Waals surface area contributed by atoms with Crippen molar-refractivity contribution in [2.45, 2.75) is 28.5 Å². The molecule has 0 aliphatic rings. The zero-order valence-corrected chi connectivity index (χ0v) is 15.8. The lowest BCUT2D eigenvalue weighted by Crippen LogP contribution is -2.52. The maximum atomic E-state index is 12.7. The van der Waals surface area contributed by atoms with E-state index in [1.54, 1.807) is 0 Å². The van der Waals surface area contributed by atoms with Gasteiger partial charge >= 0.3 is 6.18 Å². The monoisotopic (exact) mass is 434 g/mol. The fourth-order valence-electron chi connectivity index (χ4n) is 1.96. The molecule has 28 heavy (non-hydrogen) atoms. The second kappa shape index (κ2) is 7.90. The molecule has 0 heterocycles. The van der Waals surface area contributed by atoms with Crippen LogP contribution in [-0.4, -0.2) is 32.9 Å². The minimum Gasteiger partial charge on any atom is -0.373 e. The number of hydrogen-bond acceptors (Lipinski definition) is 4. The molecule has 11 heteroatoms. The van der Waals surface area contributed by atoms with Crippen molar-refractivity contribution in [3.8, 4) is 0 Å². The molecule has 0 aromatic heterocycles. The van der Waals surface area contributed by atoms with Crippen LogP contribution in [0.25, 0.3) is 0 Å². The summed E-state index contributed by atoms with van der Waals surface area (Å²) in [5.41, 5.74) is 1.56. The first kappa shape index (κ1) is 21.9. The van der Waals surface area contributed by atoms with Crippen molar-refractivity contribution >= 4 is 39.9 Å². The predicted octanol–water partition coefficient (Wildman–Crippen LogP) is 2.86. The zero-order valence-electron chi connectivity index (χ0n) is 14.2. The maximum Gasteiger partial charge on any atom is 0.426 e. The van der Waals surface area contributed by atoms with Gasteiger partial charge in [0.25, 0.3) is 5.91 Å². The highest BCUT2D eigenvalue weighted by Crippen LogP contribution is 2.33. The molecule has 2 aromatic carbocycles. The van der Waals surface area contributed by atoms with E-state index in [4.69, 9.17) is 17.3 Å². The van der Waals surface area contributed by atoms with E-state index in [1.165, 1.54) is 36.4 Å². The number of alkyl halides is 3. The third kappa shape index (κ3) is 4.51. The molecule has 0 spiro atoms. The Labute approximate surface area is 164 Å². The molecule has 0 fully saturated rings. The van der Waals surface area contributed by atoms with Gasteiger partial charge < -0.3 is 16.2 Å². The lowest BCUT2D eigenvalue weighted by atomic mass is 10.1. The molecule has 4 N–H and O–H groups in total. The molecule has 0 bridgehead atoms. The highest BCUT2D eigenvalue weighted by molar-refractivity contribution is 7.85. The molecule has 2 amide bonds. The van der Waals surface area contributed by atoms with Crippen molar-refractivity contribution in [2.24, 2.45) is 5.73 Å². The van der Waals surface area contributed by atoms with Gasteiger partial charge in [0.15, 0.2) is 0 Å². The van der Waals surface area contributed by atoms with E-state index in [1.807, 2.05) is 5.32 Å². The Morgan fingerprint density at radius 2 is 1.64 bits per heavy atom. The van der Waals surface area contributed by atoms with Gasteiger partial charge in [-0.1, -0.05) is 11.6 Å². The average Bonchev–Trinajstić information content (AvgIpc) is 2.61. The molecule has 0 radical (unpaired) electrons.